The number of benzene rings is 2. The largest absolute Gasteiger partial charge is 0.494 e. The number of alkyl halides is 5. The Morgan fingerprint density at radius 1 is 1.00 bits per heavy atom. The maximum absolute atomic E-state index is 14.6. The van der Waals surface area contributed by atoms with Crippen molar-refractivity contribution in [2.24, 2.45) is 0 Å². The lowest BCUT2D eigenvalue weighted by Crippen LogP contribution is -2.16. The Bertz CT molecular complexity index is 1070. The summed E-state index contributed by atoms with van der Waals surface area (Å²) < 4.78 is 75.4. The number of aryl methyl sites for hydroxylation is 1. The molecule has 2 aromatic carbocycles. The number of thioether (sulfide) groups is 1. The average molecular weight is 442 g/mol. The number of rotatable bonds is 6. The third-order valence-electron chi connectivity index (χ3n) is 4.44. The molecule has 9 heteroatoms. The van der Waals surface area contributed by atoms with E-state index in [-0.39, 0.29) is 5.75 Å². The maximum Gasteiger partial charge on any atom is 0.418 e. The summed E-state index contributed by atoms with van der Waals surface area (Å²) in [4.78, 5) is 4.36. The molecule has 0 aliphatic carbocycles. The van der Waals surface area contributed by atoms with E-state index >= 15 is 0 Å². The molecule has 0 saturated carbocycles. The van der Waals surface area contributed by atoms with Gasteiger partial charge in [-0.2, -0.15) is 22.0 Å². The van der Waals surface area contributed by atoms with Crippen molar-refractivity contribution in [3.05, 3.63) is 59.3 Å². The van der Waals surface area contributed by atoms with E-state index in [1.807, 2.05) is 0 Å². The van der Waals surface area contributed by atoms with Crippen LogP contribution in [0.2, 0.25) is 0 Å². The minimum atomic E-state index is -4.78. The van der Waals surface area contributed by atoms with E-state index in [1.54, 1.807) is 44.2 Å². The summed E-state index contributed by atoms with van der Waals surface area (Å²) >= 11 is 0.316. The van der Waals surface area contributed by atoms with Crippen molar-refractivity contribution in [3.8, 4) is 5.75 Å². The zero-order chi connectivity index (χ0) is 22.1. The standard InChI is InChI=1S/C21H19F5N2OS/c1-4-30-21(25,26)15-11-10-14(20(22,23)24)18(19(15)29-3)28-17-7-5-6-16-13(17)9-8-12(2)27-16/h5-11,28H,4H2,1-3H3. The number of halogens is 5. The first-order valence-electron chi connectivity index (χ1n) is 9.02. The van der Waals surface area contributed by atoms with Gasteiger partial charge in [-0.15, -0.1) is 0 Å². The molecule has 0 unspecified atom stereocenters. The van der Waals surface area contributed by atoms with Crippen LogP contribution in [0.5, 0.6) is 5.75 Å². The van der Waals surface area contributed by atoms with Crippen LogP contribution in [-0.4, -0.2) is 17.8 Å². The molecule has 0 radical (unpaired) electrons. The number of anilines is 2. The van der Waals surface area contributed by atoms with Crippen LogP contribution in [-0.2, 0) is 11.4 Å². The van der Waals surface area contributed by atoms with Gasteiger partial charge < -0.3 is 10.1 Å². The minimum absolute atomic E-state index is 0.0777. The van der Waals surface area contributed by atoms with Crippen molar-refractivity contribution in [1.29, 1.82) is 0 Å². The summed E-state index contributed by atoms with van der Waals surface area (Å²) in [6.07, 6.45) is -4.78. The fourth-order valence-electron chi connectivity index (χ4n) is 3.14. The number of hydrogen-bond donors (Lipinski definition) is 1. The molecule has 3 nitrogen and oxygen atoms in total. The Hall–Kier alpha value is -2.55. The molecule has 3 rings (SSSR count). The smallest absolute Gasteiger partial charge is 0.418 e. The molecule has 0 atom stereocenters. The number of ether oxygens (including phenoxy) is 1. The third kappa shape index (κ3) is 4.30. The van der Waals surface area contributed by atoms with Gasteiger partial charge in [-0.05, 0) is 49.1 Å². The molecule has 0 fully saturated rings. The van der Waals surface area contributed by atoms with Gasteiger partial charge in [0.15, 0.2) is 5.75 Å². The van der Waals surface area contributed by atoms with Crippen molar-refractivity contribution in [2.45, 2.75) is 25.3 Å². The van der Waals surface area contributed by atoms with E-state index in [1.165, 1.54) is 0 Å². The van der Waals surface area contributed by atoms with Gasteiger partial charge in [0, 0.05) is 16.8 Å². The first kappa shape index (κ1) is 22.1. The van der Waals surface area contributed by atoms with Crippen LogP contribution in [0.1, 0.15) is 23.7 Å². The van der Waals surface area contributed by atoms with E-state index in [4.69, 9.17) is 4.74 Å². The van der Waals surface area contributed by atoms with Crippen molar-refractivity contribution < 1.29 is 26.7 Å². The number of fused-ring (bicyclic) bond motifs is 1. The van der Waals surface area contributed by atoms with Crippen LogP contribution >= 0.6 is 11.8 Å². The summed E-state index contributed by atoms with van der Waals surface area (Å²) in [5.74, 6) is -0.471. The Morgan fingerprint density at radius 2 is 1.70 bits per heavy atom. The highest BCUT2D eigenvalue weighted by atomic mass is 32.2. The minimum Gasteiger partial charge on any atom is -0.494 e. The normalized spacial score (nSPS) is 12.3. The van der Waals surface area contributed by atoms with Gasteiger partial charge in [-0.1, -0.05) is 24.8 Å². The van der Waals surface area contributed by atoms with E-state index < -0.39 is 34.0 Å². The second kappa shape index (κ2) is 8.29. The number of nitrogens with one attached hydrogen (secondary N) is 1. The molecular formula is C21H19F5N2OS. The quantitative estimate of drug-likeness (QED) is 0.412. The second-order valence-corrected chi connectivity index (χ2v) is 7.85. The van der Waals surface area contributed by atoms with E-state index in [9.17, 15) is 22.0 Å². The van der Waals surface area contributed by atoms with Crippen LogP contribution in [0.4, 0.5) is 33.3 Å². The highest BCUT2D eigenvalue weighted by Crippen LogP contribution is 2.50. The topological polar surface area (TPSA) is 34.2 Å². The predicted octanol–water partition coefficient (Wildman–Crippen LogP) is 7.12. The molecular weight excluding hydrogens is 423 g/mol. The molecule has 30 heavy (non-hydrogen) atoms. The van der Waals surface area contributed by atoms with Gasteiger partial charge in [-0.3, -0.25) is 4.98 Å². The molecule has 1 heterocycles. The summed E-state index contributed by atoms with van der Waals surface area (Å²) in [7, 11) is 1.07. The number of methoxy groups -OCH3 is 1. The summed E-state index contributed by atoms with van der Waals surface area (Å²) in [6, 6.07) is 9.76. The molecule has 0 bridgehead atoms. The average Bonchev–Trinajstić information content (AvgIpc) is 2.66. The van der Waals surface area contributed by atoms with Crippen molar-refractivity contribution in [2.75, 3.05) is 18.2 Å². The van der Waals surface area contributed by atoms with Crippen LogP contribution in [0, 0.1) is 6.92 Å². The SMILES string of the molecule is CCSC(F)(F)c1ccc(C(F)(F)F)c(Nc2cccc3nc(C)ccc23)c1OC. The highest BCUT2D eigenvalue weighted by molar-refractivity contribution is 7.99. The number of pyridine rings is 1. The van der Waals surface area contributed by atoms with E-state index in [2.05, 4.69) is 10.3 Å². The van der Waals surface area contributed by atoms with Gasteiger partial charge in [0.2, 0.25) is 0 Å². The lowest BCUT2D eigenvalue weighted by atomic mass is 10.0. The molecule has 0 spiro atoms. The first-order chi connectivity index (χ1) is 14.1. The van der Waals surface area contributed by atoms with Crippen LogP contribution in [0.3, 0.4) is 0 Å². The Kier molecular flexibility index (Phi) is 6.12. The van der Waals surface area contributed by atoms with Gasteiger partial charge in [0.1, 0.15) is 0 Å². The fraction of sp³-hybridized carbons (Fsp3) is 0.286. The summed E-state index contributed by atoms with van der Waals surface area (Å²) in [6.45, 7) is 3.33. The van der Waals surface area contributed by atoms with Gasteiger partial charge in [0.25, 0.3) is 0 Å². The van der Waals surface area contributed by atoms with Gasteiger partial charge in [-0.25, -0.2) is 0 Å². The monoisotopic (exact) mass is 442 g/mol. The predicted molar refractivity (Wildman–Crippen MR) is 110 cm³/mol. The van der Waals surface area contributed by atoms with Crippen LogP contribution in [0.25, 0.3) is 10.9 Å². The second-order valence-electron chi connectivity index (χ2n) is 6.47. The van der Waals surface area contributed by atoms with Crippen molar-refractivity contribution in [1.82, 2.24) is 4.98 Å². The van der Waals surface area contributed by atoms with E-state index in [0.717, 1.165) is 18.9 Å². The lowest BCUT2D eigenvalue weighted by Gasteiger charge is -2.24. The Balaban J connectivity index is 2.24. The Labute approximate surface area is 174 Å². The van der Waals surface area contributed by atoms with Crippen molar-refractivity contribution in [3.63, 3.8) is 0 Å². The number of nitrogens with zero attached hydrogens (tertiary/aromatic N) is 1. The molecule has 0 amide bonds. The van der Waals surface area contributed by atoms with Crippen LogP contribution in [0.15, 0.2) is 42.5 Å². The fourth-order valence-corrected chi connectivity index (χ4v) is 3.82. The molecule has 0 aliphatic heterocycles. The molecule has 0 aliphatic rings. The van der Waals surface area contributed by atoms with E-state index in [0.29, 0.717) is 34.4 Å². The maximum atomic E-state index is 14.6. The van der Waals surface area contributed by atoms with Gasteiger partial charge >= 0.3 is 11.4 Å². The lowest BCUT2D eigenvalue weighted by molar-refractivity contribution is -0.137. The number of aromatic nitrogens is 1. The van der Waals surface area contributed by atoms with Crippen molar-refractivity contribution >= 4 is 34.0 Å². The number of hydrogen-bond acceptors (Lipinski definition) is 4. The van der Waals surface area contributed by atoms with Crippen LogP contribution < -0.4 is 10.1 Å². The highest BCUT2D eigenvalue weighted by Gasteiger charge is 2.41. The third-order valence-corrected chi connectivity index (χ3v) is 5.31. The zero-order valence-corrected chi connectivity index (χ0v) is 17.2. The Morgan fingerprint density at radius 3 is 2.33 bits per heavy atom. The molecule has 3 aromatic rings. The summed E-state index contributed by atoms with van der Waals surface area (Å²) in [5, 5.41) is -0.176. The molecule has 0 saturated heterocycles. The zero-order valence-electron chi connectivity index (χ0n) is 16.4. The van der Waals surface area contributed by atoms with Gasteiger partial charge in [0.05, 0.1) is 29.4 Å². The first-order valence-corrected chi connectivity index (χ1v) is 10.0. The molecule has 1 aromatic heterocycles. The molecule has 160 valence electrons. The summed E-state index contributed by atoms with van der Waals surface area (Å²) in [5.41, 5.74) is -0.680. The molecule has 1 N–H and O–H groups in total.